The van der Waals surface area contributed by atoms with Gasteiger partial charge in [0.2, 0.25) is 5.91 Å². The van der Waals surface area contributed by atoms with Crippen molar-refractivity contribution in [3.63, 3.8) is 0 Å². The molecule has 0 aliphatic carbocycles. The summed E-state index contributed by atoms with van der Waals surface area (Å²) < 4.78 is 0.257. The maximum atomic E-state index is 12.0. The highest BCUT2D eigenvalue weighted by atomic mass is 32.1. The van der Waals surface area contributed by atoms with Crippen molar-refractivity contribution in [1.29, 1.82) is 0 Å². The lowest BCUT2D eigenvalue weighted by molar-refractivity contribution is -0.128. The molecule has 2 rings (SSSR count). The van der Waals surface area contributed by atoms with Gasteiger partial charge in [-0.3, -0.25) is 4.79 Å². The standard InChI is InChI=1S/C12H15N5O2S/c1-3-17(2,11-13-5-4-6-14-11)8-16-10(18)7-9(20)15-12(16)19/h4-6H,3,7-8H2,1-2H3/p+1. The smallest absolute Gasteiger partial charge is 0.301 e. The van der Waals surface area contributed by atoms with Crippen LogP contribution in [0.25, 0.3) is 0 Å². The number of aromatic nitrogens is 2. The van der Waals surface area contributed by atoms with Crippen molar-refractivity contribution >= 4 is 35.1 Å². The molecule has 106 valence electrons. The first kappa shape index (κ1) is 14.5. The first-order valence-corrected chi connectivity index (χ1v) is 6.63. The summed E-state index contributed by atoms with van der Waals surface area (Å²) in [5.74, 6) is 0.260. The second-order valence-electron chi connectivity index (χ2n) is 4.75. The molecule has 1 fully saturated rings. The third-order valence-corrected chi connectivity index (χ3v) is 3.54. The van der Waals surface area contributed by atoms with Crippen LogP contribution >= 0.6 is 12.2 Å². The molecule has 2 heterocycles. The quantitative estimate of drug-likeness (QED) is 0.652. The first-order chi connectivity index (χ1) is 9.46. The maximum absolute atomic E-state index is 12.0. The highest BCUT2D eigenvalue weighted by molar-refractivity contribution is 7.80. The molecule has 8 heteroatoms. The van der Waals surface area contributed by atoms with Crippen LogP contribution in [0.4, 0.5) is 10.7 Å². The number of hydrogen-bond donors (Lipinski definition) is 1. The second-order valence-corrected chi connectivity index (χ2v) is 5.25. The number of nitrogens with zero attached hydrogens (tertiary/aromatic N) is 4. The van der Waals surface area contributed by atoms with Crippen LogP contribution in [-0.4, -0.2) is 52.1 Å². The van der Waals surface area contributed by atoms with E-state index < -0.39 is 6.03 Å². The first-order valence-electron chi connectivity index (χ1n) is 6.22. The lowest BCUT2D eigenvalue weighted by atomic mass is 10.3. The van der Waals surface area contributed by atoms with Gasteiger partial charge in [-0.05, 0) is 13.0 Å². The number of nitrogens with one attached hydrogen (secondary N) is 1. The minimum atomic E-state index is -0.486. The average Bonchev–Trinajstić information content (AvgIpc) is 2.43. The number of quaternary nitrogens is 1. The third-order valence-electron chi connectivity index (χ3n) is 3.29. The van der Waals surface area contributed by atoms with Crippen LogP contribution in [-0.2, 0) is 4.79 Å². The lowest BCUT2D eigenvalue weighted by Gasteiger charge is -2.35. The van der Waals surface area contributed by atoms with E-state index in [0.717, 1.165) is 4.90 Å². The zero-order chi connectivity index (χ0) is 14.8. The van der Waals surface area contributed by atoms with Gasteiger partial charge in [0.1, 0.15) is 0 Å². The number of amides is 3. The normalized spacial score (nSPS) is 18.7. The van der Waals surface area contributed by atoms with E-state index in [1.807, 2.05) is 14.0 Å². The highest BCUT2D eigenvalue weighted by Gasteiger charge is 2.37. The van der Waals surface area contributed by atoms with Crippen molar-refractivity contribution in [3.8, 4) is 0 Å². The van der Waals surface area contributed by atoms with Gasteiger partial charge in [-0.2, -0.15) is 9.97 Å². The van der Waals surface area contributed by atoms with Crippen LogP contribution in [0.1, 0.15) is 13.3 Å². The van der Waals surface area contributed by atoms with E-state index in [1.54, 1.807) is 18.5 Å². The van der Waals surface area contributed by atoms with E-state index in [0.29, 0.717) is 12.5 Å². The summed E-state index contributed by atoms with van der Waals surface area (Å²) in [6, 6.07) is 1.24. The summed E-state index contributed by atoms with van der Waals surface area (Å²) >= 11 is 4.87. The van der Waals surface area contributed by atoms with Crippen molar-refractivity contribution in [3.05, 3.63) is 18.5 Å². The Labute approximate surface area is 122 Å². The predicted molar refractivity (Wildman–Crippen MR) is 77.8 cm³/mol. The fourth-order valence-corrected chi connectivity index (χ4v) is 2.12. The van der Waals surface area contributed by atoms with Crippen LogP contribution in [0.5, 0.6) is 0 Å². The molecule has 0 radical (unpaired) electrons. The molecule has 1 aliphatic heterocycles. The van der Waals surface area contributed by atoms with Crippen molar-refractivity contribution in [1.82, 2.24) is 24.7 Å². The molecule has 7 nitrogen and oxygen atoms in total. The second kappa shape index (κ2) is 5.59. The molecule has 1 unspecified atom stereocenters. The Morgan fingerprint density at radius 1 is 1.40 bits per heavy atom. The minimum absolute atomic E-state index is 0.0560. The molecule has 1 N–H and O–H groups in total. The van der Waals surface area contributed by atoms with Crippen molar-refractivity contribution in [2.75, 3.05) is 20.3 Å². The van der Waals surface area contributed by atoms with E-state index in [2.05, 4.69) is 15.3 Å². The highest BCUT2D eigenvalue weighted by Crippen LogP contribution is 2.17. The Hall–Kier alpha value is -1.93. The molecule has 1 aliphatic rings. The van der Waals surface area contributed by atoms with Crippen molar-refractivity contribution in [2.24, 2.45) is 0 Å². The largest absolute Gasteiger partial charge is 0.333 e. The molecule has 0 bridgehead atoms. The summed E-state index contributed by atoms with van der Waals surface area (Å²) in [6.45, 7) is 2.77. The summed E-state index contributed by atoms with van der Waals surface area (Å²) in [6.07, 6.45) is 3.34. The molecule has 0 spiro atoms. The fourth-order valence-electron chi connectivity index (χ4n) is 1.91. The maximum Gasteiger partial charge on any atom is 0.333 e. The third kappa shape index (κ3) is 2.81. The molecule has 0 aromatic carbocycles. The van der Waals surface area contributed by atoms with Crippen molar-refractivity contribution < 1.29 is 9.59 Å². The van der Waals surface area contributed by atoms with Crippen LogP contribution < -0.4 is 9.80 Å². The lowest BCUT2D eigenvalue weighted by Crippen LogP contribution is -2.61. The van der Waals surface area contributed by atoms with Crippen LogP contribution in [0.15, 0.2) is 18.5 Å². The van der Waals surface area contributed by atoms with Gasteiger partial charge in [-0.15, -0.1) is 0 Å². The van der Waals surface area contributed by atoms with E-state index in [-0.39, 0.29) is 28.5 Å². The van der Waals surface area contributed by atoms with Crippen LogP contribution in [0, 0.1) is 0 Å². The molecule has 1 atom stereocenters. The number of carbonyl (C=O) groups is 2. The summed E-state index contributed by atoms with van der Waals surface area (Å²) in [5.41, 5.74) is 0. The van der Waals surface area contributed by atoms with Gasteiger partial charge in [0.05, 0.1) is 25.0 Å². The molecule has 0 saturated carbocycles. The average molecular weight is 294 g/mol. The van der Waals surface area contributed by atoms with E-state index in [4.69, 9.17) is 12.2 Å². The Kier molecular flexibility index (Phi) is 4.05. The summed E-state index contributed by atoms with van der Waals surface area (Å²) in [4.78, 5) is 33.7. The molecule has 1 aromatic rings. The van der Waals surface area contributed by atoms with Gasteiger partial charge in [0, 0.05) is 12.4 Å². The number of rotatable bonds is 4. The Morgan fingerprint density at radius 3 is 2.60 bits per heavy atom. The summed E-state index contributed by atoms with van der Waals surface area (Å²) in [5, 5.41) is 2.50. The predicted octanol–water partition coefficient (Wildman–Crippen LogP) is 0.660. The van der Waals surface area contributed by atoms with Crippen molar-refractivity contribution in [2.45, 2.75) is 13.3 Å². The molecule has 1 saturated heterocycles. The Balaban J connectivity index is 2.24. The van der Waals surface area contributed by atoms with E-state index >= 15 is 0 Å². The van der Waals surface area contributed by atoms with Crippen LogP contribution in [0.3, 0.4) is 0 Å². The fraction of sp³-hybridized carbons (Fsp3) is 0.417. The number of imide groups is 1. The van der Waals surface area contributed by atoms with Gasteiger partial charge in [-0.25, -0.2) is 14.2 Å². The van der Waals surface area contributed by atoms with Gasteiger partial charge < -0.3 is 5.32 Å². The molecule has 20 heavy (non-hydrogen) atoms. The zero-order valence-corrected chi connectivity index (χ0v) is 12.2. The Morgan fingerprint density at radius 2 is 2.05 bits per heavy atom. The van der Waals surface area contributed by atoms with Gasteiger partial charge in [-0.1, -0.05) is 12.2 Å². The molecular formula is C12H16N5O2S+. The van der Waals surface area contributed by atoms with Gasteiger partial charge in [0.15, 0.2) is 6.67 Å². The zero-order valence-electron chi connectivity index (χ0n) is 11.4. The van der Waals surface area contributed by atoms with Crippen LogP contribution in [0.2, 0.25) is 0 Å². The van der Waals surface area contributed by atoms with E-state index in [1.165, 1.54) is 0 Å². The SMILES string of the molecule is CC[N+](C)(CN1C(=O)CC(=S)NC1=O)c1ncccn1. The number of carbonyl (C=O) groups excluding carboxylic acids is 2. The van der Waals surface area contributed by atoms with Gasteiger partial charge >= 0.3 is 12.0 Å². The monoisotopic (exact) mass is 294 g/mol. The minimum Gasteiger partial charge on any atom is -0.301 e. The number of thiocarbonyl (C=S) groups is 1. The number of urea groups is 1. The van der Waals surface area contributed by atoms with Gasteiger partial charge in [0.25, 0.3) is 0 Å². The Bertz CT molecular complexity index is 530. The number of hydrogen-bond acceptors (Lipinski definition) is 5. The van der Waals surface area contributed by atoms with E-state index in [9.17, 15) is 9.59 Å². The topological polar surface area (TPSA) is 75.2 Å². The molecule has 3 amide bonds. The molecular weight excluding hydrogens is 278 g/mol. The summed E-state index contributed by atoms with van der Waals surface area (Å²) in [7, 11) is 1.88. The molecule has 1 aromatic heterocycles.